The van der Waals surface area contributed by atoms with Crippen molar-refractivity contribution >= 4 is 10.0 Å². The first-order chi connectivity index (χ1) is 10.5. The van der Waals surface area contributed by atoms with Gasteiger partial charge in [0.25, 0.3) is 0 Å². The van der Waals surface area contributed by atoms with E-state index < -0.39 is 10.0 Å². The number of benzene rings is 2. The Labute approximate surface area is 131 Å². The number of nitrogens with one attached hydrogen (secondary N) is 1. The van der Waals surface area contributed by atoms with Gasteiger partial charge in [0.1, 0.15) is 5.82 Å². The number of aryl methyl sites for hydroxylation is 1. The van der Waals surface area contributed by atoms with Crippen molar-refractivity contribution in [1.29, 1.82) is 0 Å². The van der Waals surface area contributed by atoms with Gasteiger partial charge in [0.2, 0.25) is 10.0 Å². The van der Waals surface area contributed by atoms with Gasteiger partial charge < -0.3 is 0 Å². The molecule has 0 radical (unpaired) electrons. The maximum atomic E-state index is 13.1. The fourth-order valence-corrected chi connectivity index (χ4v) is 3.14. The second-order valence-corrected chi connectivity index (χ2v) is 6.97. The molecule has 3 nitrogen and oxygen atoms in total. The lowest BCUT2D eigenvalue weighted by atomic mass is 10.1. The fourth-order valence-electron chi connectivity index (χ4n) is 2.12. The number of halogens is 1. The standard InChI is InChI=1S/C17H20FNO2S/c1-2-3-5-14-8-10-17(11-9-14)22(20,21)19-13-15-6-4-7-16(18)12-15/h4,6-12,19H,2-3,5,13H2,1H3. The molecule has 0 saturated heterocycles. The van der Waals surface area contributed by atoms with Crippen LogP contribution in [0.4, 0.5) is 4.39 Å². The van der Waals surface area contributed by atoms with Crippen molar-refractivity contribution in [3.63, 3.8) is 0 Å². The second kappa shape index (κ2) is 7.51. The van der Waals surface area contributed by atoms with E-state index >= 15 is 0 Å². The predicted molar refractivity (Wildman–Crippen MR) is 85.5 cm³/mol. The number of hydrogen-bond donors (Lipinski definition) is 1. The van der Waals surface area contributed by atoms with E-state index in [1.54, 1.807) is 24.3 Å². The fraction of sp³-hybridized carbons (Fsp3) is 0.294. The molecule has 0 aliphatic rings. The zero-order valence-electron chi connectivity index (χ0n) is 12.5. The highest BCUT2D eigenvalue weighted by Gasteiger charge is 2.13. The Bertz CT molecular complexity index is 712. The molecule has 5 heteroatoms. The molecule has 1 N–H and O–H groups in total. The van der Waals surface area contributed by atoms with E-state index in [0.29, 0.717) is 5.56 Å². The van der Waals surface area contributed by atoms with Crippen molar-refractivity contribution in [3.8, 4) is 0 Å². The Balaban J connectivity index is 2.03. The summed E-state index contributed by atoms with van der Waals surface area (Å²) < 4.78 is 40.0. The van der Waals surface area contributed by atoms with Gasteiger partial charge >= 0.3 is 0 Å². The maximum Gasteiger partial charge on any atom is 0.240 e. The van der Waals surface area contributed by atoms with Crippen LogP contribution in [0.5, 0.6) is 0 Å². The third kappa shape index (κ3) is 4.64. The average molecular weight is 321 g/mol. The molecule has 0 aliphatic heterocycles. The van der Waals surface area contributed by atoms with E-state index in [1.165, 1.54) is 12.1 Å². The summed E-state index contributed by atoms with van der Waals surface area (Å²) in [5, 5.41) is 0. The topological polar surface area (TPSA) is 46.2 Å². The summed E-state index contributed by atoms with van der Waals surface area (Å²) in [4.78, 5) is 0.226. The van der Waals surface area contributed by atoms with Crippen LogP contribution in [0.3, 0.4) is 0 Å². The summed E-state index contributed by atoms with van der Waals surface area (Å²) in [5.74, 6) is -0.378. The van der Waals surface area contributed by atoms with Gasteiger partial charge in [-0.1, -0.05) is 37.6 Å². The smallest absolute Gasteiger partial charge is 0.207 e. The van der Waals surface area contributed by atoms with Crippen molar-refractivity contribution < 1.29 is 12.8 Å². The van der Waals surface area contributed by atoms with E-state index in [0.717, 1.165) is 24.8 Å². The first-order valence-electron chi connectivity index (χ1n) is 7.34. The summed E-state index contributed by atoms with van der Waals surface area (Å²) in [6, 6.07) is 12.8. The summed E-state index contributed by atoms with van der Waals surface area (Å²) in [7, 11) is -3.58. The molecule has 2 aromatic carbocycles. The molecule has 22 heavy (non-hydrogen) atoms. The molecular formula is C17H20FNO2S. The molecular weight excluding hydrogens is 301 g/mol. The molecule has 0 amide bonds. The van der Waals surface area contributed by atoms with Crippen LogP contribution in [0.25, 0.3) is 0 Å². The Morgan fingerprint density at radius 1 is 1.05 bits per heavy atom. The monoisotopic (exact) mass is 321 g/mol. The summed E-state index contributed by atoms with van der Waals surface area (Å²) in [6.45, 7) is 2.19. The minimum Gasteiger partial charge on any atom is -0.207 e. The Hall–Kier alpha value is -1.72. The molecule has 2 aromatic rings. The van der Waals surface area contributed by atoms with Crippen LogP contribution in [-0.4, -0.2) is 8.42 Å². The van der Waals surface area contributed by atoms with Crippen molar-refractivity contribution in [1.82, 2.24) is 4.72 Å². The van der Waals surface area contributed by atoms with Crippen LogP contribution in [0.1, 0.15) is 30.9 Å². The van der Waals surface area contributed by atoms with Crippen LogP contribution in [0.2, 0.25) is 0 Å². The van der Waals surface area contributed by atoms with E-state index in [1.807, 2.05) is 12.1 Å². The van der Waals surface area contributed by atoms with Gasteiger partial charge in [0.05, 0.1) is 4.90 Å². The molecule has 0 saturated carbocycles. The van der Waals surface area contributed by atoms with Crippen molar-refractivity contribution in [2.24, 2.45) is 0 Å². The quantitative estimate of drug-likeness (QED) is 0.846. The molecule has 0 aromatic heterocycles. The largest absolute Gasteiger partial charge is 0.240 e. The van der Waals surface area contributed by atoms with E-state index in [2.05, 4.69) is 11.6 Å². The van der Waals surface area contributed by atoms with Crippen LogP contribution in [-0.2, 0) is 23.0 Å². The molecule has 0 spiro atoms. The molecule has 0 bridgehead atoms. The van der Waals surface area contributed by atoms with Crippen LogP contribution >= 0.6 is 0 Å². The van der Waals surface area contributed by atoms with E-state index in [-0.39, 0.29) is 17.3 Å². The minimum absolute atomic E-state index is 0.0671. The zero-order chi connectivity index (χ0) is 16.0. The minimum atomic E-state index is -3.58. The van der Waals surface area contributed by atoms with Crippen LogP contribution in [0, 0.1) is 5.82 Å². The van der Waals surface area contributed by atoms with Gasteiger partial charge in [-0.15, -0.1) is 0 Å². The first-order valence-corrected chi connectivity index (χ1v) is 8.82. The lowest BCUT2D eigenvalue weighted by Gasteiger charge is -2.08. The molecule has 118 valence electrons. The molecule has 0 fully saturated rings. The van der Waals surface area contributed by atoms with Gasteiger partial charge in [-0.2, -0.15) is 0 Å². The third-order valence-corrected chi connectivity index (χ3v) is 4.83. The molecule has 2 rings (SSSR count). The zero-order valence-corrected chi connectivity index (χ0v) is 13.4. The van der Waals surface area contributed by atoms with Gasteiger partial charge in [0, 0.05) is 6.54 Å². The number of unbranched alkanes of at least 4 members (excludes halogenated alkanes) is 1. The van der Waals surface area contributed by atoms with Gasteiger partial charge in [-0.25, -0.2) is 17.5 Å². The van der Waals surface area contributed by atoms with Crippen molar-refractivity contribution in [2.45, 2.75) is 37.6 Å². The van der Waals surface area contributed by atoms with Crippen molar-refractivity contribution in [3.05, 3.63) is 65.5 Å². The van der Waals surface area contributed by atoms with Crippen LogP contribution in [0.15, 0.2) is 53.4 Å². The highest BCUT2D eigenvalue weighted by atomic mass is 32.2. The molecule has 0 atom stereocenters. The normalized spacial score (nSPS) is 11.5. The molecule has 0 aliphatic carbocycles. The van der Waals surface area contributed by atoms with Gasteiger partial charge in [-0.05, 0) is 48.2 Å². The lowest BCUT2D eigenvalue weighted by molar-refractivity contribution is 0.580. The van der Waals surface area contributed by atoms with Crippen LogP contribution < -0.4 is 4.72 Å². The summed E-state index contributed by atoms with van der Waals surface area (Å²) >= 11 is 0. The third-order valence-electron chi connectivity index (χ3n) is 3.41. The highest BCUT2D eigenvalue weighted by molar-refractivity contribution is 7.89. The summed E-state index contributed by atoms with van der Waals surface area (Å²) in [6.07, 6.45) is 3.15. The number of rotatable bonds is 7. The summed E-state index contributed by atoms with van der Waals surface area (Å²) in [5.41, 5.74) is 1.72. The molecule has 0 heterocycles. The average Bonchev–Trinajstić information content (AvgIpc) is 2.52. The lowest BCUT2D eigenvalue weighted by Crippen LogP contribution is -2.23. The highest BCUT2D eigenvalue weighted by Crippen LogP contribution is 2.13. The first kappa shape index (κ1) is 16.6. The van der Waals surface area contributed by atoms with E-state index in [9.17, 15) is 12.8 Å². The number of hydrogen-bond acceptors (Lipinski definition) is 2. The Morgan fingerprint density at radius 2 is 1.77 bits per heavy atom. The Morgan fingerprint density at radius 3 is 2.41 bits per heavy atom. The van der Waals surface area contributed by atoms with Gasteiger partial charge in [0.15, 0.2) is 0 Å². The maximum absolute atomic E-state index is 13.1. The van der Waals surface area contributed by atoms with Gasteiger partial charge in [-0.3, -0.25) is 0 Å². The Kier molecular flexibility index (Phi) is 5.69. The van der Waals surface area contributed by atoms with E-state index in [4.69, 9.17) is 0 Å². The SMILES string of the molecule is CCCCc1ccc(S(=O)(=O)NCc2cccc(F)c2)cc1. The molecule has 0 unspecified atom stereocenters. The predicted octanol–water partition coefficient (Wildman–Crippen LogP) is 3.65. The second-order valence-electron chi connectivity index (χ2n) is 5.20. The van der Waals surface area contributed by atoms with Crippen molar-refractivity contribution in [2.75, 3.05) is 0 Å². The number of sulfonamides is 1.